The third-order valence-electron chi connectivity index (χ3n) is 7.11. The molecule has 0 aromatic heterocycles. The summed E-state index contributed by atoms with van der Waals surface area (Å²) in [5.41, 5.74) is 2.00. The highest BCUT2D eigenvalue weighted by Crippen LogP contribution is 2.50. The molecule has 3 aromatic rings. The van der Waals surface area contributed by atoms with E-state index in [0.29, 0.717) is 23.0 Å². The number of ether oxygens (including phenoxy) is 5. The number of methoxy groups -OCH3 is 4. The summed E-state index contributed by atoms with van der Waals surface area (Å²) in [5, 5.41) is 3.82. The highest BCUT2D eigenvalue weighted by molar-refractivity contribution is 6.52. The molecule has 186 valence electrons. The van der Waals surface area contributed by atoms with Gasteiger partial charge < -0.3 is 23.7 Å². The van der Waals surface area contributed by atoms with Gasteiger partial charge in [0, 0.05) is 12.1 Å². The van der Waals surface area contributed by atoms with E-state index in [2.05, 4.69) is 4.90 Å². The van der Waals surface area contributed by atoms with E-state index in [-0.39, 0.29) is 6.04 Å². The smallest absolute Gasteiger partial charge is 0.340 e. The first-order valence-corrected chi connectivity index (χ1v) is 12.3. The fourth-order valence-corrected chi connectivity index (χ4v) is 5.68. The lowest BCUT2D eigenvalue weighted by Crippen LogP contribution is -2.41. The molecule has 9 heteroatoms. The van der Waals surface area contributed by atoms with E-state index in [1.165, 1.54) is 0 Å². The van der Waals surface area contributed by atoms with Gasteiger partial charge in [0.2, 0.25) is 4.84 Å². The summed E-state index contributed by atoms with van der Waals surface area (Å²) in [4.78, 5) is 13.7. The van der Waals surface area contributed by atoms with Crippen molar-refractivity contribution in [2.75, 3.05) is 35.0 Å². The van der Waals surface area contributed by atoms with Crippen LogP contribution in [-0.4, -0.2) is 56.7 Å². The first-order chi connectivity index (χ1) is 16.9. The molecule has 0 N–H and O–H groups in total. The molecule has 0 spiro atoms. The van der Waals surface area contributed by atoms with Gasteiger partial charge in [-0.2, -0.15) is 0 Å². The standard InChI is InChI=1S/C26H27Cl2NO6/c1-31-19-8-13-14-9-20(32-2)22(34-4)11-16(14)23-17(15(13)10-21(19)33-3)12-29-7-5-6-18(29)24(23)35-26(30)25(27)28/h8-11,18,24-25H,5-7,12H2,1-4H3/t18-,24+/m0/s1. The number of carbonyl (C=O) groups is 1. The Morgan fingerprint density at radius 2 is 1.37 bits per heavy atom. The molecule has 0 unspecified atom stereocenters. The van der Waals surface area contributed by atoms with Gasteiger partial charge in [-0.3, -0.25) is 4.90 Å². The molecule has 1 fully saturated rings. The van der Waals surface area contributed by atoms with E-state index >= 15 is 0 Å². The maximum Gasteiger partial charge on any atom is 0.340 e. The van der Waals surface area contributed by atoms with Gasteiger partial charge in [-0.05, 0) is 70.8 Å². The van der Waals surface area contributed by atoms with Gasteiger partial charge in [0.1, 0.15) is 6.10 Å². The fourth-order valence-electron chi connectivity index (χ4n) is 5.58. The molecule has 2 atom stereocenters. The zero-order valence-electron chi connectivity index (χ0n) is 20.0. The number of carbonyl (C=O) groups excluding carboxylic acids is 1. The molecule has 3 aromatic carbocycles. The number of nitrogens with zero attached hydrogens (tertiary/aromatic N) is 1. The second-order valence-corrected chi connectivity index (χ2v) is 9.83. The number of alkyl halides is 2. The maximum absolute atomic E-state index is 12.6. The van der Waals surface area contributed by atoms with Crippen molar-refractivity contribution in [3.63, 3.8) is 0 Å². The summed E-state index contributed by atoms with van der Waals surface area (Å²) in [6.07, 6.45) is 1.39. The molecule has 0 radical (unpaired) electrons. The molecule has 0 saturated carbocycles. The fraction of sp³-hybridized carbons (Fsp3) is 0.423. The first-order valence-electron chi connectivity index (χ1n) is 11.4. The minimum Gasteiger partial charge on any atom is -0.493 e. The Bertz CT molecular complexity index is 1310. The molecule has 2 heterocycles. The van der Waals surface area contributed by atoms with E-state index in [4.69, 9.17) is 46.9 Å². The predicted octanol–water partition coefficient (Wildman–Crippen LogP) is 5.39. The third kappa shape index (κ3) is 3.90. The molecule has 35 heavy (non-hydrogen) atoms. The number of hydrogen-bond acceptors (Lipinski definition) is 7. The maximum atomic E-state index is 12.6. The number of esters is 1. The molecule has 2 aliphatic rings. The summed E-state index contributed by atoms with van der Waals surface area (Å²) >= 11 is 11.8. The Balaban J connectivity index is 1.90. The van der Waals surface area contributed by atoms with Crippen LogP contribution in [0.1, 0.15) is 30.1 Å². The molecule has 7 nitrogen and oxygen atoms in total. The van der Waals surface area contributed by atoms with Gasteiger partial charge in [0.25, 0.3) is 0 Å². The van der Waals surface area contributed by atoms with E-state index < -0.39 is 16.9 Å². The molecule has 2 aliphatic heterocycles. The van der Waals surface area contributed by atoms with Crippen LogP contribution in [0.2, 0.25) is 0 Å². The summed E-state index contributed by atoms with van der Waals surface area (Å²) in [6.45, 7) is 1.64. The number of rotatable bonds is 6. The summed E-state index contributed by atoms with van der Waals surface area (Å²) in [7, 11) is 6.45. The van der Waals surface area contributed by atoms with Gasteiger partial charge >= 0.3 is 5.97 Å². The van der Waals surface area contributed by atoms with Gasteiger partial charge in [-0.25, -0.2) is 4.79 Å². The first kappa shape index (κ1) is 24.1. The minimum absolute atomic E-state index is 0.0347. The van der Waals surface area contributed by atoms with E-state index in [0.717, 1.165) is 58.6 Å². The van der Waals surface area contributed by atoms with Crippen molar-refractivity contribution in [3.8, 4) is 23.0 Å². The number of benzene rings is 3. The Labute approximate surface area is 213 Å². The van der Waals surface area contributed by atoms with Crippen molar-refractivity contribution in [3.05, 3.63) is 35.4 Å². The van der Waals surface area contributed by atoms with Crippen molar-refractivity contribution >= 4 is 50.7 Å². The van der Waals surface area contributed by atoms with Crippen molar-refractivity contribution in [1.82, 2.24) is 4.90 Å². The lowest BCUT2D eigenvalue weighted by molar-refractivity contribution is -0.151. The SMILES string of the molecule is COc1cc2c3c(c4cc(OC)c(OC)cc4c2cc1OC)[C@H](OC(=O)C(Cl)Cl)[C@@H]1CCCN1C3. The van der Waals surface area contributed by atoms with Crippen LogP contribution in [0.15, 0.2) is 24.3 Å². The van der Waals surface area contributed by atoms with Crippen molar-refractivity contribution in [1.29, 1.82) is 0 Å². The normalized spacial score (nSPS) is 19.5. The summed E-state index contributed by atoms with van der Waals surface area (Å²) < 4.78 is 28.5. The number of fused-ring (bicyclic) bond motifs is 7. The minimum atomic E-state index is -1.26. The van der Waals surface area contributed by atoms with Crippen LogP contribution >= 0.6 is 23.2 Å². The Morgan fingerprint density at radius 1 is 0.857 bits per heavy atom. The Hall–Kier alpha value is -2.61. The zero-order chi connectivity index (χ0) is 24.9. The summed E-state index contributed by atoms with van der Waals surface area (Å²) in [6, 6.07) is 7.91. The van der Waals surface area contributed by atoms with Gasteiger partial charge in [-0.1, -0.05) is 23.2 Å². The molecular weight excluding hydrogens is 493 g/mol. The lowest BCUT2D eigenvalue weighted by Gasteiger charge is -2.39. The van der Waals surface area contributed by atoms with Gasteiger partial charge in [-0.15, -0.1) is 0 Å². The van der Waals surface area contributed by atoms with Crippen LogP contribution in [0, 0.1) is 0 Å². The molecule has 0 bridgehead atoms. The quantitative estimate of drug-likeness (QED) is 0.245. The van der Waals surface area contributed by atoms with Crippen molar-refractivity contribution in [2.45, 2.75) is 36.4 Å². The van der Waals surface area contributed by atoms with E-state index in [1.54, 1.807) is 28.4 Å². The topological polar surface area (TPSA) is 66.5 Å². The zero-order valence-corrected chi connectivity index (χ0v) is 21.5. The van der Waals surface area contributed by atoms with Crippen molar-refractivity contribution in [2.24, 2.45) is 0 Å². The molecule has 1 saturated heterocycles. The van der Waals surface area contributed by atoms with Gasteiger partial charge in [0.15, 0.2) is 23.0 Å². The van der Waals surface area contributed by atoms with Crippen LogP contribution in [0.3, 0.4) is 0 Å². The monoisotopic (exact) mass is 519 g/mol. The Morgan fingerprint density at radius 3 is 1.91 bits per heavy atom. The van der Waals surface area contributed by atoms with E-state index in [9.17, 15) is 4.79 Å². The highest BCUT2D eigenvalue weighted by atomic mass is 35.5. The largest absolute Gasteiger partial charge is 0.493 e. The second kappa shape index (κ2) is 9.45. The molecule has 0 aliphatic carbocycles. The average Bonchev–Trinajstić information content (AvgIpc) is 3.35. The molecule has 5 rings (SSSR count). The van der Waals surface area contributed by atoms with E-state index in [1.807, 2.05) is 24.3 Å². The number of halogens is 2. The van der Waals surface area contributed by atoms with Crippen LogP contribution in [-0.2, 0) is 16.1 Å². The number of hydrogen-bond donors (Lipinski definition) is 0. The second-order valence-electron chi connectivity index (χ2n) is 8.74. The third-order valence-corrected chi connectivity index (χ3v) is 7.47. The van der Waals surface area contributed by atoms with Crippen LogP contribution in [0.5, 0.6) is 23.0 Å². The van der Waals surface area contributed by atoms with Crippen molar-refractivity contribution < 1.29 is 28.5 Å². The van der Waals surface area contributed by atoms with Gasteiger partial charge in [0.05, 0.1) is 34.5 Å². The Kier molecular flexibility index (Phi) is 6.51. The summed E-state index contributed by atoms with van der Waals surface area (Å²) in [5.74, 6) is 1.79. The molecular formula is C26H27Cl2NO6. The van der Waals surface area contributed by atoms with Crippen LogP contribution < -0.4 is 18.9 Å². The lowest BCUT2D eigenvalue weighted by atomic mass is 9.83. The molecule has 0 amide bonds. The predicted molar refractivity (Wildman–Crippen MR) is 135 cm³/mol. The average molecular weight is 520 g/mol. The van der Waals surface area contributed by atoms with Crippen LogP contribution in [0.25, 0.3) is 21.5 Å². The van der Waals surface area contributed by atoms with Crippen LogP contribution in [0.4, 0.5) is 0 Å². The highest BCUT2D eigenvalue weighted by Gasteiger charge is 2.43.